The number of ether oxygens (including phenoxy) is 1. The van der Waals surface area contributed by atoms with E-state index in [9.17, 15) is 4.79 Å². The smallest absolute Gasteiger partial charge is 0.236 e. The van der Waals surface area contributed by atoms with Gasteiger partial charge in [-0.15, -0.1) is 5.10 Å². The number of likely N-dealkylation sites (N-methyl/N-ethyl adjacent to an activating group) is 1. The minimum atomic E-state index is -0.606. The van der Waals surface area contributed by atoms with E-state index in [1.165, 1.54) is 0 Å². The highest BCUT2D eigenvalue weighted by Crippen LogP contribution is 2.49. The predicted octanol–water partition coefficient (Wildman–Crippen LogP) is 1.79. The molecule has 5 rings (SSSR count). The second-order valence-corrected chi connectivity index (χ2v) is 8.26. The molecule has 1 saturated carbocycles. The van der Waals surface area contributed by atoms with E-state index in [0.29, 0.717) is 22.9 Å². The third kappa shape index (κ3) is 2.99. The van der Waals surface area contributed by atoms with Gasteiger partial charge >= 0.3 is 0 Å². The number of hydrogen-bond acceptors (Lipinski definition) is 6. The molecule has 2 aromatic heterocycles. The first-order valence-electron chi connectivity index (χ1n) is 10.3. The lowest BCUT2D eigenvalue weighted by Gasteiger charge is -2.34. The fraction of sp³-hybridized carbons (Fsp3) is 0.409. The highest BCUT2D eigenvalue weighted by atomic mass is 16.5. The largest absolute Gasteiger partial charge is 0.493 e. The number of hydrogen-bond donors (Lipinski definition) is 1. The van der Waals surface area contributed by atoms with Gasteiger partial charge in [-0.25, -0.2) is 9.50 Å². The van der Waals surface area contributed by atoms with Gasteiger partial charge in [0.15, 0.2) is 17.2 Å². The molecule has 0 radical (unpaired) electrons. The number of nitrogen functional groups attached to an aromatic ring is 1. The minimum absolute atomic E-state index is 0.152. The first-order chi connectivity index (χ1) is 14.5. The molecule has 0 atom stereocenters. The van der Waals surface area contributed by atoms with E-state index in [1.54, 1.807) is 11.6 Å². The highest BCUT2D eigenvalue weighted by molar-refractivity contribution is 5.90. The Kier molecular flexibility index (Phi) is 4.39. The topological polar surface area (TPSA) is 89.0 Å². The van der Waals surface area contributed by atoms with Crippen LogP contribution >= 0.6 is 0 Å². The van der Waals surface area contributed by atoms with Gasteiger partial charge in [-0.1, -0.05) is 12.1 Å². The molecule has 2 N–H and O–H groups in total. The number of anilines is 1. The summed E-state index contributed by atoms with van der Waals surface area (Å²) in [7, 11) is 3.71. The summed E-state index contributed by atoms with van der Waals surface area (Å²) >= 11 is 0. The van der Waals surface area contributed by atoms with E-state index in [0.717, 1.165) is 50.3 Å². The third-order valence-electron chi connectivity index (χ3n) is 6.25. The molecular formula is C22H26N6O2. The Balaban J connectivity index is 1.56. The Morgan fingerprint density at radius 2 is 1.77 bits per heavy atom. The molecule has 156 valence electrons. The number of nitrogens with zero attached hydrogens (tertiary/aromatic N) is 5. The zero-order valence-corrected chi connectivity index (χ0v) is 17.3. The fourth-order valence-electron chi connectivity index (χ4n) is 4.14. The number of carbonyl (C=O) groups is 1. The molecule has 3 heterocycles. The van der Waals surface area contributed by atoms with Crippen LogP contribution in [-0.2, 0) is 10.2 Å². The quantitative estimate of drug-likeness (QED) is 0.665. The molecule has 0 bridgehead atoms. The van der Waals surface area contributed by atoms with Crippen molar-refractivity contribution in [1.29, 1.82) is 0 Å². The number of methoxy groups -OCH3 is 1. The molecule has 2 aliphatic rings. The highest BCUT2D eigenvalue weighted by Gasteiger charge is 2.56. The fourth-order valence-corrected chi connectivity index (χ4v) is 4.14. The number of nitrogens with two attached hydrogens (primary N) is 1. The Morgan fingerprint density at radius 1 is 1.07 bits per heavy atom. The maximum atomic E-state index is 13.4. The monoisotopic (exact) mass is 406 g/mol. The molecule has 2 fully saturated rings. The molecule has 30 heavy (non-hydrogen) atoms. The Hall–Kier alpha value is -3.13. The van der Waals surface area contributed by atoms with Crippen molar-refractivity contribution >= 4 is 17.2 Å². The molecule has 1 saturated heterocycles. The molecule has 3 aromatic rings. The number of carbonyl (C=O) groups excluding carboxylic acids is 1. The van der Waals surface area contributed by atoms with Crippen LogP contribution in [0.1, 0.15) is 18.7 Å². The molecular weight excluding hydrogens is 380 g/mol. The van der Waals surface area contributed by atoms with Gasteiger partial charge in [0.1, 0.15) is 5.41 Å². The van der Waals surface area contributed by atoms with Crippen LogP contribution in [0.3, 0.4) is 0 Å². The van der Waals surface area contributed by atoms with Gasteiger partial charge in [-0.3, -0.25) is 4.79 Å². The molecule has 1 aliphatic carbocycles. The van der Waals surface area contributed by atoms with Crippen molar-refractivity contribution in [2.45, 2.75) is 18.3 Å². The zero-order chi connectivity index (χ0) is 20.9. The lowest BCUT2D eigenvalue weighted by Crippen LogP contribution is -2.50. The van der Waals surface area contributed by atoms with Gasteiger partial charge in [0.25, 0.3) is 0 Å². The van der Waals surface area contributed by atoms with E-state index in [2.05, 4.69) is 11.9 Å². The number of benzene rings is 1. The summed E-state index contributed by atoms with van der Waals surface area (Å²) in [5.74, 6) is 1.38. The van der Waals surface area contributed by atoms with Crippen molar-refractivity contribution in [2.75, 3.05) is 46.1 Å². The normalized spacial score (nSPS) is 18.5. The molecule has 1 amide bonds. The number of amides is 1. The SMILES string of the molecule is COc1ccc(-c2ccc(N)cc2)n2nc(C3(C(=O)N4CCN(C)CC4)CC3)nc12. The van der Waals surface area contributed by atoms with Crippen LogP contribution < -0.4 is 10.5 Å². The number of aromatic nitrogens is 3. The minimum Gasteiger partial charge on any atom is -0.493 e. The predicted molar refractivity (Wildman–Crippen MR) is 114 cm³/mol. The van der Waals surface area contributed by atoms with Gasteiger partial charge in [-0.05, 0) is 44.2 Å². The van der Waals surface area contributed by atoms with Gasteiger partial charge in [0, 0.05) is 37.4 Å². The lowest BCUT2D eigenvalue weighted by atomic mass is 10.0. The molecule has 0 spiro atoms. The molecule has 1 aromatic carbocycles. The summed E-state index contributed by atoms with van der Waals surface area (Å²) in [6, 6.07) is 11.5. The number of pyridine rings is 1. The summed E-state index contributed by atoms with van der Waals surface area (Å²) in [5.41, 5.74) is 8.43. The zero-order valence-electron chi connectivity index (χ0n) is 17.3. The standard InChI is InChI=1S/C22H26N6O2/c1-26-11-13-27(14-12-26)21(29)22(9-10-22)20-24-19-18(30-2)8-7-17(28(19)25-20)15-3-5-16(23)6-4-15/h3-8H,9-14,23H2,1-2H3. The van der Waals surface area contributed by atoms with Crippen molar-refractivity contribution < 1.29 is 9.53 Å². The maximum Gasteiger partial charge on any atom is 0.236 e. The summed E-state index contributed by atoms with van der Waals surface area (Å²) < 4.78 is 7.32. The van der Waals surface area contributed by atoms with Crippen molar-refractivity contribution in [3.63, 3.8) is 0 Å². The van der Waals surface area contributed by atoms with Crippen molar-refractivity contribution in [2.24, 2.45) is 0 Å². The second-order valence-electron chi connectivity index (χ2n) is 8.26. The van der Waals surface area contributed by atoms with Gasteiger partial charge in [0.2, 0.25) is 5.91 Å². The van der Waals surface area contributed by atoms with Crippen molar-refractivity contribution in [3.8, 4) is 17.0 Å². The summed E-state index contributed by atoms with van der Waals surface area (Å²) in [4.78, 5) is 22.4. The maximum absolute atomic E-state index is 13.4. The lowest BCUT2D eigenvalue weighted by molar-refractivity contribution is -0.135. The van der Waals surface area contributed by atoms with Gasteiger partial charge in [0.05, 0.1) is 12.8 Å². The van der Waals surface area contributed by atoms with Gasteiger partial charge < -0.3 is 20.3 Å². The van der Waals surface area contributed by atoms with Crippen LogP contribution in [0.4, 0.5) is 5.69 Å². The summed E-state index contributed by atoms with van der Waals surface area (Å²) in [6.45, 7) is 3.31. The van der Waals surface area contributed by atoms with Crippen molar-refractivity contribution in [3.05, 3.63) is 42.2 Å². The van der Waals surface area contributed by atoms with E-state index in [4.69, 9.17) is 20.6 Å². The Labute approximate surface area is 175 Å². The first kappa shape index (κ1) is 18.9. The molecule has 8 nitrogen and oxygen atoms in total. The van der Waals surface area contributed by atoms with Crippen LogP contribution in [0.5, 0.6) is 5.75 Å². The second kappa shape index (κ2) is 6.98. The summed E-state index contributed by atoms with van der Waals surface area (Å²) in [5, 5.41) is 4.82. The number of fused-ring (bicyclic) bond motifs is 1. The van der Waals surface area contributed by atoms with Crippen LogP contribution in [0.2, 0.25) is 0 Å². The Bertz CT molecular complexity index is 1090. The van der Waals surface area contributed by atoms with Crippen LogP contribution in [0.25, 0.3) is 16.9 Å². The average molecular weight is 406 g/mol. The van der Waals surface area contributed by atoms with Crippen LogP contribution in [-0.4, -0.2) is 70.6 Å². The van der Waals surface area contributed by atoms with E-state index in [-0.39, 0.29) is 5.91 Å². The molecule has 0 unspecified atom stereocenters. The van der Waals surface area contributed by atoms with E-state index in [1.807, 2.05) is 41.3 Å². The van der Waals surface area contributed by atoms with Crippen LogP contribution in [0.15, 0.2) is 36.4 Å². The first-order valence-corrected chi connectivity index (χ1v) is 10.3. The molecule has 8 heteroatoms. The number of rotatable bonds is 4. The Morgan fingerprint density at radius 3 is 2.40 bits per heavy atom. The molecule has 1 aliphatic heterocycles. The van der Waals surface area contributed by atoms with Crippen LogP contribution in [0, 0.1) is 0 Å². The van der Waals surface area contributed by atoms with E-state index >= 15 is 0 Å². The summed E-state index contributed by atoms with van der Waals surface area (Å²) in [6.07, 6.45) is 1.57. The third-order valence-corrected chi connectivity index (χ3v) is 6.25. The van der Waals surface area contributed by atoms with E-state index < -0.39 is 5.41 Å². The van der Waals surface area contributed by atoms with Crippen molar-refractivity contribution in [1.82, 2.24) is 24.4 Å². The number of piperazine rings is 1. The van der Waals surface area contributed by atoms with Gasteiger partial charge in [-0.2, -0.15) is 0 Å². The average Bonchev–Trinajstić information content (AvgIpc) is 3.45.